The summed E-state index contributed by atoms with van der Waals surface area (Å²) in [5.41, 5.74) is 7.40. The number of aromatic nitrogens is 2. The lowest BCUT2D eigenvalue weighted by Crippen LogP contribution is -2.39. The van der Waals surface area contributed by atoms with Crippen molar-refractivity contribution in [2.24, 2.45) is 5.73 Å². The van der Waals surface area contributed by atoms with Crippen molar-refractivity contribution in [3.63, 3.8) is 0 Å². The predicted octanol–water partition coefficient (Wildman–Crippen LogP) is 1.35. The maximum Gasteiger partial charge on any atom is 0.253 e. The molecule has 0 spiro atoms. The first-order chi connectivity index (χ1) is 9.61. The number of nitrogens with zero attached hydrogens (tertiary/aromatic N) is 3. The first-order valence-electron chi connectivity index (χ1n) is 6.63. The van der Waals surface area contributed by atoms with Crippen LogP contribution in [0.5, 0.6) is 0 Å². The Labute approximate surface area is 119 Å². The zero-order valence-corrected chi connectivity index (χ0v) is 11.9. The fraction of sp³-hybridized carbons (Fsp3) is 0.333. The van der Waals surface area contributed by atoms with Crippen molar-refractivity contribution in [3.05, 3.63) is 54.1 Å². The molecule has 1 aromatic heterocycles. The van der Waals surface area contributed by atoms with Crippen LogP contribution in [0.15, 0.2) is 43.0 Å². The molecule has 1 amide bonds. The summed E-state index contributed by atoms with van der Waals surface area (Å²) in [6.07, 6.45) is 5.44. The van der Waals surface area contributed by atoms with Crippen molar-refractivity contribution in [1.82, 2.24) is 14.5 Å². The third-order valence-electron chi connectivity index (χ3n) is 3.45. The van der Waals surface area contributed by atoms with Crippen LogP contribution in [0.4, 0.5) is 0 Å². The second-order valence-corrected chi connectivity index (χ2v) is 4.93. The van der Waals surface area contributed by atoms with Crippen molar-refractivity contribution in [3.8, 4) is 0 Å². The summed E-state index contributed by atoms with van der Waals surface area (Å²) in [5.74, 6) is -0.00266. The molecule has 0 radical (unpaired) electrons. The minimum absolute atomic E-state index is 0.00266. The smallest absolute Gasteiger partial charge is 0.253 e. The Morgan fingerprint density at radius 2 is 2.10 bits per heavy atom. The van der Waals surface area contributed by atoms with Crippen molar-refractivity contribution >= 4 is 5.91 Å². The minimum Gasteiger partial charge on any atom is -0.338 e. The third-order valence-corrected chi connectivity index (χ3v) is 3.45. The summed E-state index contributed by atoms with van der Waals surface area (Å²) in [6, 6.07) is 7.68. The van der Waals surface area contributed by atoms with Gasteiger partial charge in [0.15, 0.2) is 0 Å². The van der Waals surface area contributed by atoms with Crippen LogP contribution in [0.25, 0.3) is 0 Å². The lowest BCUT2D eigenvalue weighted by Gasteiger charge is -2.23. The van der Waals surface area contributed by atoms with Crippen LogP contribution in [0.3, 0.4) is 0 Å². The molecule has 0 aliphatic rings. The van der Waals surface area contributed by atoms with E-state index in [4.69, 9.17) is 5.73 Å². The van der Waals surface area contributed by atoms with E-state index in [9.17, 15) is 4.79 Å². The molecule has 2 rings (SSSR count). The van der Waals surface area contributed by atoms with Crippen molar-refractivity contribution in [1.29, 1.82) is 0 Å². The van der Waals surface area contributed by atoms with Gasteiger partial charge in [0.25, 0.3) is 5.91 Å². The van der Waals surface area contributed by atoms with Gasteiger partial charge in [-0.15, -0.1) is 0 Å². The molecular formula is C15H20N4O. The number of benzene rings is 1. The van der Waals surface area contributed by atoms with Gasteiger partial charge in [-0.1, -0.05) is 12.1 Å². The minimum atomic E-state index is -0.00266. The van der Waals surface area contributed by atoms with Gasteiger partial charge in [-0.3, -0.25) is 4.79 Å². The number of nitrogens with two attached hydrogens (primary N) is 1. The maximum atomic E-state index is 12.2. The van der Waals surface area contributed by atoms with Crippen LogP contribution >= 0.6 is 0 Å². The number of carbonyl (C=O) groups excluding carboxylic acids is 1. The lowest BCUT2D eigenvalue weighted by molar-refractivity contribution is 0.0748. The van der Waals surface area contributed by atoms with E-state index >= 15 is 0 Å². The number of likely N-dealkylation sites (N-methyl/N-ethyl adjacent to an activating group) is 1. The molecule has 2 N–H and O–H groups in total. The third kappa shape index (κ3) is 3.24. The van der Waals surface area contributed by atoms with Gasteiger partial charge in [0.2, 0.25) is 0 Å². The first-order valence-corrected chi connectivity index (χ1v) is 6.63. The summed E-state index contributed by atoms with van der Waals surface area (Å²) in [6.45, 7) is 3.15. The van der Waals surface area contributed by atoms with Gasteiger partial charge in [-0.2, -0.15) is 0 Å². The number of hydrogen-bond acceptors (Lipinski definition) is 3. The van der Waals surface area contributed by atoms with Crippen LogP contribution in [0, 0.1) is 0 Å². The molecule has 2 aromatic rings. The lowest BCUT2D eigenvalue weighted by atomic mass is 10.1. The monoisotopic (exact) mass is 272 g/mol. The van der Waals surface area contributed by atoms with E-state index in [-0.39, 0.29) is 11.9 Å². The topological polar surface area (TPSA) is 64.2 Å². The van der Waals surface area contributed by atoms with Crippen LogP contribution < -0.4 is 5.73 Å². The van der Waals surface area contributed by atoms with Crippen molar-refractivity contribution in [2.75, 3.05) is 13.6 Å². The Bertz CT molecular complexity index is 548. The number of carbonyl (C=O) groups is 1. The van der Waals surface area contributed by atoms with Crippen molar-refractivity contribution in [2.45, 2.75) is 19.5 Å². The largest absolute Gasteiger partial charge is 0.338 e. The predicted molar refractivity (Wildman–Crippen MR) is 78.4 cm³/mol. The highest BCUT2D eigenvalue weighted by molar-refractivity contribution is 5.94. The Morgan fingerprint density at radius 3 is 2.65 bits per heavy atom. The fourth-order valence-corrected chi connectivity index (χ4v) is 1.91. The molecular weight excluding hydrogens is 252 g/mol. The molecule has 1 atom stereocenters. The Balaban J connectivity index is 2.06. The normalized spacial score (nSPS) is 12.2. The summed E-state index contributed by atoms with van der Waals surface area (Å²) in [5, 5.41) is 0. The molecule has 1 aromatic carbocycles. The Morgan fingerprint density at radius 1 is 1.40 bits per heavy atom. The zero-order valence-electron chi connectivity index (χ0n) is 11.9. The molecule has 20 heavy (non-hydrogen) atoms. The van der Waals surface area contributed by atoms with Crippen LogP contribution in [0.1, 0.15) is 22.8 Å². The van der Waals surface area contributed by atoms with Gasteiger partial charge in [-0.05, 0) is 24.6 Å². The zero-order chi connectivity index (χ0) is 14.5. The second kappa shape index (κ2) is 6.34. The van der Waals surface area contributed by atoms with Crippen LogP contribution in [-0.4, -0.2) is 40.0 Å². The molecule has 5 nitrogen and oxygen atoms in total. The van der Waals surface area contributed by atoms with E-state index in [2.05, 4.69) is 4.98 Å². The van der Waals surface area contributed by atoms with E-state index in [0.29, 0.717) is 12.1 Å². The van der Waals surface area contributed by atoms with Gasteiger partial charge < -0.3 is 15.2 Å². The number of amides is 1. The van der Waals surface area contributed by atoms with E-state index in [1.165, 1.54) is 0 Å². The van der Waals surface area contributed by atoms with E-state index in [0.717, 1.165) is 12.1 Å². The quantitative estimate of drug-likeness (QED) is 0.893. The van der Waals surface area contributed by atoms with Crippen LogP contribution in [0.2, 0.25) is 0 Å². The molecule has 0 aliphatic carbocycles. The highest BCUT2D eigenvalue weighted by Gasteiger charge is 2.15. The molecule has 1 unspecified atom stereocenters. The Hall–Kier alpha value is -2.14. The number of imidazole rings is 1. The van der Waals surface area contributed by atoms with Crippen LogP contribution in [-0.2, 0) is 6.54 Å². The van der Waals surface area contributed by atoms with Gasteiger partial charge in [-0.25, -0.2) is 4.98 Å². The highest BCUT2D eigenvalue weighted by Crippen LogP contribution is 2.10. The molecule has 0 bridgehead atoms. The Kier molecular flexibility index (Phi) is 4.53. The van der Waals surface area contributed by atoms with Gasteiger partial charge in [0, 0.05) is 44.1 Å². The average Bonchev–Trinajstić information content (AvgIpc) is 2.98. The summed E-state index contributed by atoms with van der Waals surface area (Å²) >= 11 is 0. The fourth-order valence-electron chi connectivity index (χ4n) is 1.91. The molecule has 5 heteroatoms. The van der Waals surface area contributed by atoms with Crippen molar-refractivity contribution < 1.29 is 4.79 Å². The standard InChI is InChI=1S/C15H20N4O/c1-12(9-16)18(2)15(20)14-5-3-13(4-6-14)10-19-8-7-17-11-19/h3-8,11-12H,9-10,16H2,1-2H3. The maximum absolute atomic E-state index is 12.2. The van der Waals surface area contributed by atoms with Gasteiger partial charge in [0.1, 0.15) is 0 Å². The number of rotatable bonds is 5. The van der Waals surface area contributed by atoms with Gasteiger partial charge >= 0.3 is 0 Å². The molecule has 0 saturated heterocycles. The molecule has 0 aliphatic heterocycles. The SMILES string of the molecule is CC(CN)N(C)C(=O)c1ccc(Cn2ccnc2)cc1. The highest BCUT2D eigenvalue weighted by atomic mass is 16.2. The summed E-state index contributed by atoms with van der Waals surface area (Å²) < 4.78 is 1.99. The summed E-state index contributed by atoms with van der Waals surface area (Å²) in [4.78, 5) is 17.9. The van der Waals surface area contributed by atoms with E-state index in [1.807, 2.05) is 42.0 Å². The first kappa shape index (κ1) is 14.3. The molecule has 0 fully saturated rings. The van der Waals surface area contributed by atoms with Gasteiger partial charge in [0.05, 0.1) is 6.33 Å². The average molecular weight is 272 g/mol. The van der Waals surface area contributed by atoms with E-state index < -0.39 is 0 Å². The second-order valence-electron chi connectivity index (χ2n) is 4.93. The number of hydrogen-bond donors (Lipinski definition) is 1. The molecule has 1 heterocycles. The molecule has 0 saturated carbocycles. The molecule has 106 valence electrons. The summed E-state index contributed by atoms with van der Waals surface area (Å²) in [7, 11) is 1.78. The van der Waals surface area contributed by atoms with E-state index in [1.54, 1.807) is 24.5 Å².